The number of hydrogen-bond donors (Lipinski definition) is 1. The lowest BCUT2D eigenvalue weighted by atomic mass is 10.1. The second-order valence-electron chi connectivity index (χ2n) is 4.44. The first kappa shape index (κ1) is 14.7. The monoisotopic (exact) mass is 291 g/mol. The van der Waals surface area contributed by atoms with Gasteiger partial charge >= 0.3 is 0 Å². The summed E-state index contributed by atoms with van der Waals surface area (Å²) in [5.74, 6) is 1.49. The van der Waals surface area contributed by atoms with Crippen molar-refractivity contribution in [3.63, 3.8) is 0 Å². The highest BCUT2D eigenvalue weighted by Crippen LogP contribution is 2.26. The summed E-state index contributed by atoms with van der Waals surface area (Å²) in [6.45, 7) is 1.06. The van der Waals surface area contributed by atoms with Gasteiger partial charge in [-0.25, -0.2) is 0 Å². The highest BCUT2D eigenvalue weighted by Gasteiger charge is 2.04. The van der Waals surface area contributed by atoms with Crippen LogP contribution in [0.3, 0.4) is 0 Å². The first-order chi connectivity index (χ1) is 9.72. The van der Waals surface area contributed by atoms with Crippen LogP contribution in [0, 0.1) is 0 Å². The van der Waals surface area contributed by atoms with Gasteiger partial charge in [-0.2, -0.15) is 0 Å². The summed E-state index contributed by atoms with van der Waals surface area (Å²) in [5.41, 5.74) is 7.68. The lowest BCUT2D eigenvalue weighted by Gasteiger charge is -2.10. The van der Waals surface area contributed by atoms with Crippen LogP contribution in [0.4, 0.5) is 0 Å². The summed E-state index contributed by atoms with van der Waals surface area (Å²) >= 11 is 6.20. The molecule has 2 rings (SSSR count). The Hall–Kier alpha value is -1.71. The van der Waals surface area contributed by atoms with E-state index in [1.807, 2.05) is 42.5 Å². The van der Waals surface area contributed by atoms with Crippen LogP contribution < -0.4 is 15.2 Å². The highest BCUT2D eigenvalue weighted by atomic mass is 35.5. The standard InChI is InChI=1S/C16H18ClNO2/c1-19-14-4-2-3-13(9-14)11-20-16-6-5-12(7-8-18)10-15(16)17/h2-6,9-10H,7-8,11,18H2,1H3. The number of nitrogens with two attached hydrogens (primary N) is 1. The molecule has 0 aromatic heterocycles. The number of benzene rings is 2. The third-order valence-corrected chi connectivity index (χ3v) is 3.25. The van der Waals surface area contributed by atoms with Crippen molar-refractivity contribution in [3.05, 3.63) is 58.6 Å². The van der Waals surface area contributed by atoms with E-state index in [4.69, 9.17) is 26.8 Å². The van der Waals surface area contributed by atoms with Crippen molar-refractivity contribution in [2.75, 3.05) is 13.7 Å². The number of hydrogen-bond acceptors (Lipinski definition) is 3. The Bertz CT molecular complexity index is 572. The summed E-state index contributed by atoms with van der Waals surface area (Å²) in [7, 11) is 1.65. The van der Waals surface area contributed by atoms with Crippen LogP contribution in [0.1, 0.15) is 11.1 Å². The van der Waals surface area contributed by atoms with Crippen LogP contribution in [-0.4, -0.2) is 13.7 Å². The van der Waals surface area contributed by atoms with Gasteiger partial charge in [-0.15, -0.1) is 0 Å². The van der Waals surface area contributed by atoms with Gasteiger partial charge in [0.15, 0.2) is 0 Å². The molecule has 0 unspecified atom stereocenters. The summed E-state index contributed by atoms with van der Waals surface area (Å²) in [5, 5.41) is 0.610. The molecule has 0 aliphatic rings. The van der Waals surface area contributed by atoms with Gasteiger partial charge in [0.2, 0.25) is 0 Å². The molecule has 0 aliphatic carbocycles. The van der Waals surface area contributed by atoms with E-state index in [0.717, 1.165) is 23.3 Å². The highest BCUT2D eigenvalue weighted by molar-refractivity contribution is 6.32. The summed E-state index contributed by atoms with van der Waals surface area (Å²) in [6.07, 6.45) is 0.815. The van der Waals surface area contributed by atoms with Crippen molar-refractivity contribution in [3.8, 4) is 11.5 Å². The van der Waals surface area contributed by atoms with E-state index in [-0.39, 0.29) is 0 Å². The minimum atomic E-state index is 0.452. The van der Waals surface area contributed by atoms with E-state index >= 15 is 0 Å². The molecular formula is C16H18ClNO2. The van der Waals surface area contributed by atoms with Crippen LogP contribution in [0.2, 0.25) is 5.02 Å². The molecule has 0 aliphatic heterocycles. The maximum absolute atomic E-state index is 6.20. The third-order valence-electron chi connectivity index (χ3n) is 2.96. The number of rotatable bonds is 6. The first-order valence-electron chi connectivity index (χ1n) is 6.47. The van der Waals surface area contributed by atoms with Crippen LogP contribution in [0.15, 0.2) is 42.5 Å². The fourth-order valence-corrected chi connectivity index (χ4v) is 2.16. The van der Waals surface area contributed by atoms with Crippen molar-refractivity contribution in [2.45, 2.75) is 13.0 Å². The van der Waals surface area contributed by atoms with E-state index in [9.17, 15) is 0 Å². The Labute approximate surface area is 124 Å². The smallest absolute Gasteiger partial charge is 0.138 e. The molecule has 0 atom stereocenters. The van der Waals surface area contributed by atoms with Gasteiger partial charge in [0.25, 0.3) is 0 Å². The number of halogens is 1. The molecule has 0 bridgehead atoms. The average Bonchev–Trinajstić information content (AvgIpc) is 2.47. The molecular weight excluding hydrogens is 274 g/mol. The molecule has 0 amide bonds. The Morgan fingerprint density at radius 2 is 1.95 bits per heavy atom. The van der Waals surface area contributed by atoms with Gasteiger partial charge in [-0.3, -0.25) is 0 Å². The van der Waals surface area contributed by atoms with E-state index in [2.05, 4.69) is 0 Å². The molecule has 0 heterocycles. The second-order valence-corrected chi connectivity index (χ2v) is 4.85. The van der Waals surface area contributed by atoms with Gasteiger partial charge in [-0.1, -0.05) is 29.8 Å². The zero-order valence-corrected chi connectivity index (χ0v) is 12.2. The average molecular weight is 292 g/mol. The predicted octanol–water partition coefficient (Wildman–Crippen LogP) is 3.43. The maximum Gasteiger partial charge on any atom is 0.138 e. The van der Waals surface area contributed by atoms with E-state index in [1.54, 1.807) is 7.11 Å². The normalized spacial score (nSPS) is 10.3. The molecule has 4 heteroatoms. The zero-order valence-electron chi connectivity index (χ0n) is 11.4. The molecule has 20 heavy (non-hydrogen) atoms. The molecule has 2 N–H and O–H groups in total. The van der Waals surface area contributed by atoms with Crippen molar-refractivity contribution < 1.29 is 9.47 Å². The molecule has 2 aromatic carbocycles. The van der Waals surface area contributed by atoms with Gasteiger partial charge in [0, 0.05) is 0 Å². The van der Waals surface area contributed by atoms with Crippen LogP contribution >= 0.6 is 11.6 Å². The minimum Gasteiger partial charge on any atom is -0.497 e. The van der Waals surface area contributed by atoms with Crippen molar-refractivity contribution in [2.24, 2.45) is 5.73 Å². The Morgan fingerprint density at radius 3 is 2.65 bits per heavy atom. The quantitative estimate of drug-likeness (QED) is 0.887. The topological polar surface area (TPSA) is 44.5 Å². The summed E-state index contributed by atoms with van der Waals surface area (Å²) < 4.78 is 10.9. The summed E-state index contributed by atoms with van der Waals surface area (Å²) in [6, 6.07) is 13.5. The van der Waals surface area contributed by atoms with E-state index in [0.29, 0.717) is 23.9 Å². The fourth-order valence-electron chi connectivity index (χ4n) is 1.91. The Morgan fingerprint density at radius 1 is 1.10 bits per heavy atom. The molecule has 0 saturated carbocycles. The lowest BCUT2D eigenvalue weighted by molar-refractivity contribution is 0.305. The maximum atomic E-state index is 6.20. The van der Waals surface area contributed by atoms with Crippen molar-refractivity contribution >= 4 is 11.6 Å². The van der Waals surface area contributed by atoms with Crippen LogP contribution in [0.5, 0.6) is 11.5 Å². The van der Waals surface area contributed by atoms with Gasteiger partial charge in [-0.05, 0) is 48.4 Å². The van der Waals surface area contributed by atoms with Gasteiger partial charge in [0.1, 0.15) is 18.1 Å². The second kappa shape index (κ2) is 7.17. The lowest BCUT2D eigenvalue weighted by Crippen LogP contribution is -2.03. The summed E-state index contributed by atoms with van der Waals surface area (Å²) in [4.78, 5) is 0. The predicted molar refractivity (Wildman–Crippen MR) is 81.5 cm³/mol. The molecule has 0 radical (unpaired) electrons. The van der Waals surface area contributed by atoms with E-state index in [1.165, 1.54) is 0 Å². The van der Waals surface area contributed by atoms with E-state index < -0.39 is 0 Å². The zero-order chi connectivity index (χ0) is 14.4. The Kier molecular flexibility index (Phi) is 5.27. The SMILES string of the molecule is COc1cccc(COc2ccc(CCN)cc2Cl)c1. The molecule has 0 spiro atoms. The first-order valence-corrected chi connectivity index (χ1v) is 6.85. The van der Waals surface area contributed by atoms with Crippen LogP contribution in [0.25, 0.3) is 0 Å². The number of ether oxygens (including phenoxy) is 2. The van der Waals surface area contributed by atoms with Crippen LogP contribution in [-0.2, 0) is 13.0 Å². The van der Waals surface area contributed by atoms with Crippen molar-refractivity contribution in [1.29, 1.82) is 0 Å². The van der Waals surface area contributed by atoms with Crippen molar-refractivity contribution in [1.82, 2.24) is 0 Å². The minimum absolute atomic E-state index is 0.452. The largest absolute Gasteiger partial charge is 0.497 e. The molecule has 0 fully saturated rings. The Balaban J connectivity index is 2.03. The fraction of sp³-hybridized carbons (Fsp3) is 0.250. The number of methoxy groups -OCH3 is 1. The molecule has 2 aromatic rings. The molecule has 3 nitrogen and oxygen atoms in total. The molecule has 106 valence electrons. The van der Waals surface area contributed by atoms with Gasteiger partial charge < -0.3 is 15.2 Å². The van der Waals surface area contributed by atoms with Gasteiger partial charge in [0.05, 0.1) is 12.1 Å². The third kappa shape index (κ3) is 3.89. The molecule has 0 saturated heterocycles.